The summed E-state index contributed by atoms with van der Waals surface area (Å²) in [4.78, 5) is 40.4. The van der Waals surface area contributed by atoms with Crippen molar-refractivity contribution >= 4 is 34.9 Å². The number of hydrogen-bond donors (Lipinski definition) is 4. The summed E-state index contributed by atoms with van der Waals surface area (Å²) in [6, 6.07) is 9.94. The Morgan fingerprint density at radius 1 is 1.19 bits per heavy atom. The number of nitrogen functional groups attached to an aromatic ring is 1. The Morgan fingerprint density at radius 3 is 2.59 bits per heavy atom. The molecule has 3 amide bonds. The van der Waals surface area contributed by atoms with Gasteiger partial charge < -0.3 is 41.0 Å². The Bertz CT molecular complexity index is 1310. The van der Waals surface area contributed by atoms with E-state index in [4.69, 9.17) is 25.7 Å². The number of carbonyl (C=O) groups excluding carboxylic acids is 3. The van der Waals surface area contributed by atoms with Crippen molar-refractivity contribution < 1.29 is 33.7 Å². The Balaban J connectivity index is 1.78. The molecule has 37 heavy (non-hydrogen) atoms. The molecule has 1 atom stereocenters. The van der Waals surface area contributed by atoms with Crippen LogP contribution in [0.5, 0.6) is 17.2 Å². The normalized spacial score (nSPS) is 12.7. The first-order valence-corrected chi connectivity index (χ1v) is 11.9. The molecule has 0 aliphatic carbocycles. The van der Waals surface area contributed by atoms with Crippen LogP contribution in [-0.4, -0.2) is 59.2 Å². The van der Waals surface area contributed by atoms with Gasteiger partial charge in [0.05, 0.1) is 12.3 Å². The monoisotopic (exact) mass is 527 g/mol. The van der Waals surface area contributed by atoms with E-state index in [0.29, 0.717) is 34.2 Å². The van der Waals surface area contributed by atoms with Gasteiger partial charge in [-0.2, -0.15) is 4.37 Å². The average Bonchev–Trinajstić information content (AvgIpc) is 3.50. The number of nitrogens with one attached hydrogen (secondary N) is 1. The number of methoxy groups -OCH3 is 1. The SMILES string of the molecule is COCCNC(=O)C(c1ccc(O)cc1)N(Cc1ccc2c(c1)OCO2)C(=O)c1snc(C(N)=O)c1N. The average molecular weight is 528 g/mol. The van der Waals surface area contributed by atoms with Crippen LogP contribution in [0.1, 0.15) is 37.3 Å². The van der Waals surface area contributed by atoms with Crippen molar-refractivity contribution in [1.29, 1.82) is 0 Å². The highest BCUT2D eigenvalue weighted by atomic mass is 32.1. The molecule has 0 fully saturated rings. The van der Waals surface area contributed by atoms with Crippen molar-refractivity contribution in [3.63, 3.8) is 0 Å². The molecule has 0 saturated carbocycles. The summed E-state index contributed by atoms with van der Waals surface area (Å²) in [6.45, 7) is 0.493. The van der Waals surface area contributed by atoms with Crippen LogP contribution in [0, 0.1) is 0 Å². The van der Waals surface area contributed by atoms with Gasteiger partial charge in [0.1, 0.15) is 16.7 Å². The smallest absolute Gasteiger partial charge is 0.270 e. The fraction of sp³-hybridized carbons (Fsp3) is 0.250. The van der Waals surface area contributed by atoms with E-state index >= 15 is 0 Å². The minimum atomic E-state index is -1.14. The number of benzene rings is 2. The zero-order valence-corrected chi connectivity index (χ0v) is 20.6. The maximum absolute atomic E-state index is 13.9. The van der Waals surface area contributed by atoms with Crippen molar-refractivity contribution in [1.82, 2.24) is 14.6 Å². The van der Waals surface area contributed by atoms with Gasteiger partial charge in [-0.1, -0.05) is 18.2 Å². The molecule has 1 unspecified atom stereocenters. The number of nitrogens with zero attached hydrogens (tertiary/aromatic N) is 2. The van der Waals surface area contributed by atoms with Gasteiger partial charge in [-0.15, -0.1) is 0 Å². The quantitative estimate of drug-likeness (QED) is 0.284. The van der Waals surface area contributed by atoms with E-state index in [0.717, 1.165) is 0 Å². The van der Waals surface area contributed by atoms with Crippen LogP contribution in [0.3, 0.4) is 0 Å². The van der Waals surface area contributed by atoms with Gasteiger partial charge in [-0.05, 0) is 46.9 Å². The standard InChI is InChI=1S/C24H25N5O7S/c1-34-9-8-27-23(32)20(14-3-5-15(30)6-4-14)29(11-13-2-7-16-17(10-13)36-12-35-16)24(33)21-18(25)19(22(26)31)28-37-21/h2-7,10,20,30H,8-9,11-12,25H2,1H3,(H2,26,31)(H,27,32). The number of phenols is 1. The molecule has 1 aliphatic heterocycles. The molecule has 2 aromatic carbocycles. The third-order valence-corrected chi connectivity index (χ3v) is 6.43. The van der Waals surface area contributed by atoms with Gasteiger partial charge in [-0.3, -0.25) is 14.4 Å². The topological polar surface area (TPSA) is 179 Å². The van der Waals surface area contributed by atoms with Crippen molar-refractivity contribution in [2.75, 3.05) is 32.8 Å². The number of hydrogen-bond acceptors (Lipinski definition) is 10. The van der Waals surface area contributed by atoms with Crippen LogP contribution in [0.25, 0.3) is 0 Å². The minimum Gasteiger partial charge on any atom is -0.508 e. The Labute approximate surface area is 215 Å². The summed E-state index contributed by atoms with van der Waals surface area (Å²) in [5, 5.41) is 12.6. The van der Waals surface area contributed by atoms with Crippen LogP contribution in [0.2, 0.25) is 0 Å². The maximum atomic E-state index is 13.9. The molecule has 1 aliphatic rings. The molecular formula is C24H25N5O7S. The predicted octanol–water partition coefficient (Wildman–Crippen LogP) is 1.40. The summed E-state index contributed by atoms with van der Waals surface area (Å²) in [7, 11) is 1.50. The lowest BCUT2D eigenvalue weighted by atomic mass is 10.0. The summed E-state index contributed by atoms with van der Waals surface area (Å²) >= 11 is 0.716. The highest BCUT2D eigenvalue weighted by Crippen LogP contribution is 2.35. The second-order valence-corrected chi connectivity index (χ2v) is 8.81. The van der Waals surface area contributed by atoms with Crippen LogP contribution in [0.15, 0.2) is 42.5 Å². The van der Waals surface area contributed by atoms with Gasteiger partial charge >= 0.3 is 0 Å². The molecule has 6 N–H and O–H groups in total. The predicted molar refractivity (Wildman–Crippen MR) is 133 cm³/mol. The van der Waals surface area contributed by atoms with Crippen LogP contribution in [-0.2, 0) is 16.1 Å². The van der Waals surface area contributed by atoms with E-state index in [1.165, 1.54) is 24.1 Å². The van der Waals surface area contributed by atoms with E-state index in [2.05, 4.69) is 9.69 Å². The van der Waals surface area contributed by atoms with E-state index in [-0.39, 0.29) is 48.5 Å². The fourth-order valence-corrected chi connectivity index (χ4v) is 4.54. The van der Waals surface area contributed by atoms with E-state index in [9.17, 15) is 19.5 Å². The number of nitrogens with two attached hydrogens (primary N) is 2. The van der Waals surface area contributed by atoms with E-state index in [1.807, 2.05) is 0 Å². The lowest BCUT2D eigenvalue weighted by molar-refractivity contribution is -0.126. The molecule has 2 heterocycles. The number of rotatable bonds is 10. The summed E-state index contributed by atoms with van der Waals surface area (Å²) in [5.41, 5.74) is 12.1. The molecule has 4 rings (SSSR count). The Kier molecular flexibility index (Phi) is 7.74. The number of fused-ring (bicyclic) bond motifs is 1. The number of anilines is 1. The van der Waals surface area contributed by atoms with Crippen LogP contribution < -0.4 is 26.3 Å². The number of aromatic hydroxyl groups is 1. The van der Waals surface area contributed by atoms with Gasteiger partial charge in [-0.25, -0.2) is 0 Å². The first-order valence-electron chi connectivity index (χ1n) is 11.1. The van der Waals surface area contributed by atoms with E-state index < -0.39 is 23.8 Å². The second-order valence-electron chi connectivity index (χ2n) is 8.04. The number of amides is 3. The number of phenolic OH excluding ortho intramolecular Hbond substituents is 1. The zero-order chi connectivity index (χ0) is 26.5. The summed E-state index contributed by atoms with van der Waals surface area (Å²) in [6.07, 6.45) is 0. The van der Waals surface area contributed by atoms with Crippen LogP contribution >= 0.6 is 11.5 Å². The lowest BCUT2D eigenvalue weighted by Gasteiger charge is -2.31. The third-order valence-electron chi connectivity index (χ3n) is 5.58. The molecule has 0 spiro atoms. The number of aromatic nitrogens is 1. The summed E-state index contributed by atoms with van der Waals surface area (Å²) in [5.74, 6) is -0.942. The van der Waals surface area contributed by atoms with Crippen molar-refractivity contribution in [2.45, 2.75) is 12.6 Å². The molecule has 0 bridgehead atoms. The molecule has 12 nitrogen and oxygen atoms in total. The van der Waals surface area contributed by atoms with Crippen molar-refractivity contribution in [3.8, 4) is 17.2 Å². The molecule has 3 aromatic rings. The van der Waals surface area contributed by atoms with Gasteiger partial charge in [0.2, 0.25) is 12.7 Å². The van der Waals surface area contributed by atoms with Crippen molar-refractivity contribution in [3.05, 3.63) is 64.2 Å². The first kappa shape index (κ1) is 25.7. The number of primary amides is 1. The number of ether oxygens (including phenoxy) is 3. The Morgan fingerprint density at radius 2 is 1.92 bits per heavy atom. The zero-order valence-electron chi connectivity index (χ0n) is 19.8. The maximum Gasteiger partial charge on any atom is 0.270 e. The summed E-state index contributed by atoms with van der Waals surface area (Å²) < 4.78 is 19.8. The van der Waals surface area contributed by atoms with E-state index in [1.54, 1.807) is 30.3 Å². The fourth-order valence-electron chi connectivity index (χ4n) is 3.78. The third kappa shape index (κ3) is 5.57. The number of carbonyl (C=O) groups is 3. The molecular weight excluding hydrogens is 502 g/mol. The largest absolute Gasteiger partial charge is 0.508 e. The Hall–Kier alpha value is -4.36. The highest BCUT2D eigenvalue weighted by Gasteiger charge is 2.35. The lowest BCUT2D eigenvalue weighted by Crippen LogP contribution is -2.44. The molecule has 0 radical (unpaired) electrons. The second kappa shape index (κ2) is 11.1. The molecule has 13 heteroatoms. The van der Waals surface area contributed by atoms with Crippen molar-refractivity contribution in [2.24, 2.45) is 5.73 Å². The van der Waals surface area contributed by atoms with Gasteiger partial charge in [0.15, 0.2) is 17.2 Å². The van der Waals surface area contributed by atoms with Crippen LogP contribution in [0.4, 0.5) is 5.69 Å². The minimum absolute atomic E-state index is 0.00580. The van der Waals surface area contributed by atoms with Gasteiger partial charge in [0.25, 0.3) is 11.8 Å². The highest BCUT2D eigenvalue weighted by molar-refractivity contribution is 7.09. The first-order chi connectivity index (χ1) is 17.8. The molecule has 194 valence electrons. The molecule has 0 saturated heterocycles. The molecule has 1 aromatic heterocycles. The van der Waals surface area contributed by atoms with Gasteiger partial charge in [0, 0.05) is 20.2 Å².